The van der Waals surface area contributed by atoms with Crippen molar-refractivity contribution in [1.82, 2.24) is 0 Å². The average Bonchev–Trinajstić information content (AvgIpc) is 3.04. The average molecular weight is 324 g/mol. The maximum Gasteiger partial charge on any atom is 0.0554 e. The van der Waals surface area contributed by atoms with Crippen LogP contribution in [-0.2, 0) is 0 Å². The van der Waals surface area contributed by atoms with E-state index in [0.29, 0.717) is 23.8 Å². The third kappa shape index (κ3) is 2.48. The number of nitrogens with one attached hydrogen (secondary N) is 1. The predicted octanol–water partition coefficient (Wildman–Crippen LogP) is 6.29. The maximum absolute atomic E-state index is 6.08. The van der Waals surface area contributed by atoms with Gasteiger partial charge >= 0.3 is 0 Å². The largest absolute Gasteiger partial charge is 0.377 e. The number of fused-ring (bicyclic) bond motifs is 3. The highest BCUT2D eigenvalue weighted by molar-refractivity contribution is 6.30. The van der Waals surface area contributed by atoms with E-state index in [0.717, 1.165) is 11.4 Å². The van der Waals surface area contributed by atoms with Crippen molar-refractivity contribution in [2.24, 2.45) is 5.92 Å². The first-order valence-corrected chi connectivity index (χ1v) is 8.84. The summed E-state index contributed by atoms with van der Waals surface area (Å²) >= 11 is 6.08. The summed E-state index contributed by atoms with van der Waals surface area (Å²) in [6.07, 6.45) is 5.88. The van der Waals surface area contributed by atoms with Gasteiger partial charge in [0.2, 0.25) is 0 Å². The first-order valence-electron chi connectivity index (χ1n) is 8.46. The molecule has 2 aromatic carbocycles. The summed E-state index contributed by atoms with van der Waals surface area (Å²) < 4.78 is 0. The van der Waals surface area contributed by atoms with Crippen LogP contribution in [0.4, 0.5) is 5.69 Å². The second-order valence-electron chi connectivity index (χ2n) is 6.99. The zero-order valence-corrected chi connectivity index (χ0v) is 14.3. The van der Waals surface area contributed by atoms with Crippen LogP contribution in [0.15, 0.2) is 54.6 Å². The van der Waals surface area contributed by atoms with E-state index in [-0.39, 0.29) is 0 Å². The van der Waals surface area contributed by atoms with Gasteiger partial charge in [0, 0.05) is 16.6 Å². The Morgan fingerprint density at radius 1 is 1.09 bits per heavy atom. The Morgan fingerprint density at radius 2 is 1.87 bits per heavy atom. The Bertz CT molecular complexity index is 745. The van der Waals surface area contributed by atoms with E-state index >= 15 is 0 Å². The van der Waals surface area contributed by atoms with Crippen LogP contribution < -0.4 is 5.32 Å². The molecule has 0 bridgehead atoms. The summed E-state index contributed by atoms with van der Waals surface area (Å²) in [4.78, 5) is 0. The van der Waals surface area contributed by atoms with Crippen molar-refractivity contribution in [3.63, 3.8) is 0 Å². The Kier molecular flexibility index (Phi) is 3.69. The fourth-order valence-corrected chi connectivity index (χ4v) is 4.25. The van der Waals surface area contributed by atoms with Gasteiger partial charge in [0.15, 0.2) is 0 Å². The second-order valence-corrected chi connectivity index (χ2v) is 7.43. The number of benzene rings is 2. The molecule has 1 nitrogen and oxygen atoms in total. The zero-order chi connectivity index (χ0) is 16.0. The van der Waals surface area contributed by atoms with E-state index in [4.69, 9.17) is 11.6 Å². The topological polar surface area (TPSA) is 12.0 Å². The number of anilines is 1. The third-order valence-electron chi connectivity index (χ3n) is 5.28. The van der Waals surface area contributed by atoms with E-state index in [9.17, 15) is 0 Å². The van der Waals surface area contributed by atoms with Gasteiger partial charge in [-0.3, -0.25) is 0 Å². The van der Waals surface area contributed by atoms with Crippen molar-refractivity contribution < 1.29 is 0 Å². The molecule has 0 radical (unpaired) electrons. The van der Waals surface area contributed by atoms with Crippen LogP contribution >= 0.6 is 11.6 Å². The number of allylic oxidation sites excluding steroid dienone is 2. The standard InChI is InChI=1S/C21H22ClN/c1-13(2)16-5-3-8-19-17-6-4-7-18(17)20(23-21(16)19)14-9-11-15(22)12-10-14/h3-6,8-13,17-18,20,23H,7H2,1-2H3/t17-,18-,20+/m0/s1. The van der Waals surface area contributed by atoms with Crippen LogP contribution in [0.3, 0.4) is 0 Å². The summed E-state index contributed by atoms with van der Waals surface area (Å²) in [7, 11) is 0. The van der Waals surface area contributed by atoms with Gasteiger partial charge in [-0.15, -0.1) is 0 Å². The van der Waals surface area contributed by atoms with Crippen molar-refractivity contribution in [2.75, 3.05) is 5.32 Å². The van der Waals surface area contributed by atoms with Gasteiger partial charge in [0.25, 0.3) is 0 Å². The molecular formula is C21H22ClN. The Balaban J connectivity index is 1.82. The van der Waals surface area contributed by atoms with Crippen LogP contribution in [0.25, 0.3) is 0 Å². The zero-order valence-electron chi connectivity index (χ0n) is 13.6. The van der Waals surface area contributed by atoms with Gasteiger partial charge in [-0.2, -0.15) is 0 Å². The normalized spacial score (nSPS) is 25.1. The van der Waals surface area contributed by atoms with Gasteiger partial charge in [0.1, 0.15) is 0 Å². The lowest BCUT2D eigenvalue weighted by Crippen LogP contribution is -2.29. The van der Waals surface area contributed by atoms with E-state index in [1.54, 1.807) is 0 Å². The lowest BCUT2D eigenvalue weighted by molar-refractivity contribution is 0.424. The minimum absolute atomic E-state index is 0.347. The molecule has 1 N–H and O–H groups in total. The quantitative estimate of drug-likeness (QED) is 0.640. The van der Waals surface area contributed by atoms with Crippen LogP contribution in [-0.4, -0.2) is 0 Å². The number of para-hydroxylation sites is 1. The molecule has 0 saturated carbocycles. The highest BCUT2D eigenvalue weighted by Crippen LogP contribution is 2.51. The molecule has 0 aromatic heterocycles. The molecular weight excluding hydrogens is 302 g/mol. The van der Waals surface area contributed by atoms with Crippen molar-refractivity contribution in [3.8, 4) is 0 Å². The number of rotatable bonds is 2. The maximum atomic E-state index is 6.08. The molecule has 0 unspecified atom stereocenters. The first kappa shape index (κ1) is 14.8. The number of halogens is 1. The van der Waals surface area contributed by atoms with Crippen LogP contribution in [0.5, 0.6) is 0 Å². The third-order valence-corrected chi connectivity index (χ3v) is 5.53. The number of hydrogen-bond acceptors (Lipinski definition) is 1. The van der Waals surface area contributed by atoms with Crippen molar-refractivity contribution in [1.29, 1.82) is 0 Å². The Labute approximate surface area is 143 Å². The summed E-state index contributed by atoms with van der Waals surface area (Å²) in [5.74, 6) is 1.63. The van der Waals surface area contributed by atoms with Crippen LogP contribution in [0.2, 0.25) is 5.02 Å². The molecule has 2 aliphatic rings. The first-order chi connectivity index (χ1) is 11.1. The highest BCUT2D eigenvalue weighted by Gasteiger charge is 2.38. The van der Waals surface area contributed by atoms with Gasteiger partial charge in [-0.05, 0) is 47.1 Å². The Hall–Kier alpha value is -1.73. The number of hydrogen-bond donors (Lipinski definition) is 1. The second kappa shape index (κ2) is 5.72. The molecule has 1 heterocycles. The molecule has 4 rings (SSSR count). The fraction of sp³-hybridized carbons (Fsp3) is 0.333. The molecule has 0 spiro atoms. The summed E-state index contributed by atoms with van der Waals surface area (Å²) in [5.41, 5.74) is 5.55. The molecule has 1 aliphatic carbocycles. The molecule has 0 saturated heterocycles. The minimum atomic E-state index is 0.347. The summed E-state index contributed by atoms with van der Waals surface area (Å²) in [6.45, 7) is 4.54. The molecule has 118 valence electrons. The highest BCUT2D eigenvalue weighted by atomic mass is 35.5. The molecule has 23 heavy (non-hydrogen) atoms. The molecule has 1 aliphatic heterocycles. The summed E-state index contributed by atoms with van der Waals surface area (Å²) in [6, 6.07) is 15.4. The van der Waals surface area contributed by atoms with Crippen LogP contribution in [0.1, 0.15) is 54.8 Å². The molecule has 2 aromatic rings. The molecule has 0 amide bonds. The van der Waals surface area contributed by atoms with Crippen molar-refractivity contribution in [3.05, 3.63) is 76.3 Å². The van der Waals surface area contributed by atoms with Gasteiger partial charge < -0.3 is 5.32 Å². The SMILES string of the molecule is CC(C)c1cccc2c1N[C@H](c1ccc(Cl)cc1)[C@H]1CC=C[C@H]21. The molecule has 3 atom stereocenters. The van der Waals surface area contributed by atoms with E-state index in [1.807, 2.05) is 12.1 Å². The lowest BCUT2D eigenvalue weighted by atomic mass is 9.75. The monoisotopic (exact) mass is 323 g/mol. The smallest absolute Gasteiger partial charge is 0.0554 e. The minimum Gasteiger partial charge on any atom is -0.377 e. The molecule has 0 fully saturated rings. The van der Waals surface area contributed by atoms with Gasteiger partial charge in [0.05, 0.1) is 6.04 Å². The van der Waals surface area contributed by atoms with E-state index < -0.39 is 0 Å². The molecule has 2 heteroatoms. The van der Waals surface area contributed by atoms with Gasteiger partial charge in [-0.1, -0.05) is 67.9 Å². The predicted molar refractivity (Wildman–Crippen MR) is 98.3 cm³/mol. The van der Waals surface area contributed by atoms with Crippen molar-refractivity contribution >= 4 is 17.3 Å². The van der Waals surface area contributed by atoms with E-state index in [2.05, 4.69) is 61.6 Å². The fourth-order valence-electron chi connectivity index (χ4n) is 4.13. The van der Waals surface area contributed by atoms with Crippen LogP contribution in [0, 0.1) is 5.92 Å². The Morgan fingerprint density at radius 3 is 2.61 bits per heavy atom. The van der Waals surface area contributed by atoms with E-state index in [1.165, 1.54) is 22.4 Å². The van der Waals surface area contributed by atoms with Gasteiger partial charge in [-0.25, -0.2) is 0 Å². The van der Waals surface area contributed by atoms with Crippen molar-refractivity contribution in [2.45, 2.75) is 38.1 Å². The summed E-state index contributed by atoms with van der Waals surface area (Å²) in [5, 5.41) is 4.67. The lowest BCUT2D eigenvalue weighted by Gasteiger charge is -2.39.